The van der Waals surface area contributed by atoms with Crippen LogP contribution in [0.1, 0.15) is 39.5 Å². The predicted octanol–water partition coefficient (Wildman–Crippen LogP) is 2.90. The molecule has 0 spiro atoms. The summed E-state index contributed by atoms with van der Waals surface area (Å²) in [6.07, 6.45) is 3.46. The summed E-state index contributed by atoms with van der Waals surface area (Å²) in [7, 11) is 0. The summed E-state index contributed by atoms with van der Waals surface area (Å²) in [4.78, 5) is 28.3. The van der Waals surface area contributed by atoms with E-state index in [1.165, 1.54) is 12.1 Å². The maximum atomic E-state index is 13.0. The highest BCUT2D eigenvalue weighted by molar-refractivity contribution is 5.96. The van der Waals surface area contributed by atoms with E-state index < -0.39 is 0 Å². The van der Waals surface area contributed by atoms with Crippen LogP contribution in [0.3, 0.4) is 0 Å². The Morgan fingerprint density at radius 2 is 1.79 bits per heavy atom. The molecule has 6 heteroatoms. The molecule has 24 heavy (non-hydrogen) atoms. The van der Waals surface area contributed by atoms with Crippen molar-refractivity contribution in [2.24, 2.45) is 0 Å². The number of amides is 3. The third kappa shape index (κ3) is 3.37. The van der Waals surface area contributed by atoms with Gasteiger partial charge in [-0.25, -0.2) is 9.18 Å². The summed E-state index contributed by atoms with van der Waals surface area (Å²) in [6, 6.07) is 6.00. The Hall–Kier alpha value is -2.11. The molecular weight excluding hydrogens is 309 g/mol. The molecule has 2 saturated heterocycles. The van der Waals surface area contributed by atoms with Crippen LogP contribution in [-0.4, -0.2) is 41.5 Å². The van der Waals surface area contributed by atoms with E-state index in [-0.39, 0.29) is 42.3 Å². The largest absolute Gasteiger partial charge is 0.333 e. The Bertz CT molecular complexity index is 609. The number of urea groups is 1. The molecule has 2 aliphatic rings. The molecule has 2 fully saturated rings. The molecule has 3 rings (SSSR count). The molecular formula is C18H24FN3O2. The van der Waals surface area contributed by atoms with Gasteiger partial charge in [-0.05, 0) is 57.4 Å². The standard InChI is InChI=1S/C18H24FN3O2/c1-12-4-3-5-13(2)22(12)18(24)20-15-10-17(23)21(11-15)16-8-6-14(19)7-9-16/h6-9,12-13,15H,3-5,10-11H2,1-2H3,(H,20,24)/t12-,13-,15+/m0/s1. The van der Waals surface area contributed by atoms with E-state index in [2.05, 4.69) is 19.2 Å². The molecule has 0 saturated carbocycles. The first-order valence-electron chi connectivity index (χ1n) is 8.60. The molecule has 0 bridgehead atoms. The minimum Gasteiger partial charge on any atom is -0.333 e. The van der Waals surface area contributed by atoms with E-state index >= 15 is 0 Å². The number of carbonyl (C=O) groups excluding carboxylic acids is 2. The maximum absolute atomic E-state index is 13.0. The van der Waals surface area contributed by atoms with Crippen LogP contribution in [0.15, 0.2) is 24.3 Å². The zero-order valence-electron chi connectivity index (χ0n) is 14.2. The highest BCUT2D eigenvalue weighted by atomic mass is 19.1. The second-order valence-corrected chi connectivity index (χ2v) is 6.87. The van der Waals surface area contributed by atoms with Gasteiger partial charge in [0.15, 0.2) is 0 Å². The first kappa shape index (κ1) is 16.7. The van der Waals surface area contributed by atoms with Gasteiger partial charge in [-0.2, -0.15) is 0 Å². The lowest BCUT2D eigenvalue weighted by molar-refractivity contribution is -0.117. The third-order valence-corrected chi connectivity index (χ3v) is 5.02. The van der Waals surface area contributed by atoms with Crippen LogP contribution in [0.4, 0.5) is 14.9 Å². The summed E-state index contributed by atoms with van der Waals surface area (Å²) in [5.74, 6) is -0.380. The lowest BCUT2D eigenvalue weighted by Gasteiger charge is -2.39. The van der Waals surface area contributed by atoms with Gasteiger partial charge < -0.3 is 15.1 Å². The Labute approximate surface area is 141 Å². The van der Waals surface area contributed by atoms with Crippen molar-refractivity contribution >= 4 is 17.6 Å². The van der Waals surface area contributed by atoms with E-state index in [0.29, 0.717) is 12.2 Å². The van der Waals surface area contributed by atoms with Gasteiger partial charge in [0.2, 0.25) is 5.91 Å². The lowest BCUT2D eigenvalue weighted by atomic mass is 9.98. The second-order valence-electron chi connectivity index (χ2n) is 6.87. The van der Waals surface area contributed by atoms with Crippen molar-refractivity contribution in [1.29, 1.82) is 0 Å². The zero-order valence-corrected chi connectivity index (χ0v) is 14.2. The lowest BCUT2D eigenvalue weighted by Crippen LogP contribution is -2.54. The number of hydrogen-bond donors (Lipinski definition) is 1. The molecule has 0 radical (unpaired) electrons. The number of halogens is 1. The Morgan fingerprint density at radius 1 is 1.17 bits per heavy atom. The first-order chi connectivity index (χ1) is 11.5. The monoisotopic (exact) mass is 333 g/mol. The number of benzene rings is 1. The van der Waals surface area contributed by atoms with Gasteiger partial charge in [0.1, 0.15) is 5.82 Å². The maximum Gasteiger partial charge on any atom is 0.318 e. The van der Waals surface area contributed by atoms with Crippen molar-refractivity contribution in [3.63, 3.8) is 0 Å². The first-order valence-corrected chi connectivity index (χ1v) is 8.60. The van der Waals surface area contributed by atoms with Crippen molar-refractivity contribution in [1.82, 2.24) is 10.2 Å². The number of hydrogen-bond acceptors (Lipinski definition) is 2. The van der Waals surface area contributed by atoms with Gasteiger partial charge in [0.05, 0.1) is 6.04 Å². The van der Waals surface area contributed by atoms with E-state index in [1.54, 1.807) is 17.0 Å². The topological polar surface area (TPSA) is 52.7 Å². The van der Waals surface area contributed by atoms with Crippen LogP contribution in [-0.2, 0) is 4.79 Å². The van der Waals surface area contributed by atoms with E-state index in [9.17, 15) is 14.0 Å². The SMILES string of the molecule is C[C@H]1CCC[C@H](C)N1C(=O)N[C@@H]1CC(=O)N(c2ccc(F)cc2)C1. The number of carbonyl (C=O) groups is 2. The van der Waals surface area contributed by atoms with Gasteiger partial charge in [-0.1, -0.05) is 0 Å². The number of anilines is 1. The summed E-state index contributed by atoms with van der Waals surface area (Å²) in [6.45, 7) is 4.56. The van der Waals surface area contributed by atoms with Gasteiger partial charge in [0.25, 0.3) is 0 Å². The van der Waals surface area contributed by atoms with Crippen molar-refractivity contribution in [3.05, 3.63) is 30.1 Å². The number of piperidine rings is 1. The fraction of sp³-hybridized carbons (Fsp3) is 0.556. The fourth-order valence-electron chi connectivity index (χ4n) is 3.75. The minimum absolute atomic E-state index is 0.0494. The normalized spacial score (nSPS) is 27.5. The van der Waals surface area contributed by atoms with Gasteiger partial charge >= 0.3 is 6.03 Å². The van der Waals surface area contributed by atoms with E-state index in [0.717, 1.165) is 19.3 Å². The molecule has 1 N–H and O–H groups in total. The number of rotatable bonds is 2. The zero-order chi connectivity index (χ0) is 17.3. The molecule has 2 heterocycles. The molecule has 0 aliphatic carbocycles. The van der Waals surface area contributed by atoms with Crippen molar-refractivity contribution in [2.45, 2.75) is 57.7 Å². The third-order valence-electron chi connectivity index (χ3n) is 5.02. The van der Waals surface area contributed by atoms with Crippen LogP contribution >= 0.6 is 0 Å². The van der Waals surface area contributed by atoms with Crippen molar-refractivity contribution < 1.29 is 14.0 Å². The Morgan fingerprint density at radius 3 is 2.42 bits per heavy atom. The summed E-state index contributed by atoms with van der Waals surface area (Å²) >= 11 is 0. The highest BCUT2D eigenvalue weighted by Gasteiger charge is 2.35. The quantitative estimate of drug-likeness (QED) is 0.905. The summed E-state index contributed by atoms with van der Waals surface area (Å²) in [5.41, 5.74) is 0.665. The van der Waals surface area contributed by atoms with Crippen LogP contribution in [0.2, 0.25) is 0 Å². The molecule has 5 nitrogen and oxygen atoms in total. The molecule has 1 aromatic rings. The van der Waals surface area contributed by atoms with Crippen LogP contribution in [0.25, 0.3) is 0 Å². The fourth-order valence-corrected chi connectivity index (χ4v) is 3.75. The Balaban J connectivity index is 1.63. The summed E-state index contributed by atoms with van der Waals surface area (Å²) < 4.78 is 13.0. The molecule has 3 amide bonds. The molecule has 1 aromatic carbocycles. The van der Waals surface area contributed by atoms with Crippen LogP contribution < -0.4 is 10.2 Å². The van der Waals surface area contributed by atoms with E-state index in [4.69, 9.17) is 0 Å². The summed E-state index contributed by atoms with van der Waals surface area (Å²) in [5, 5.41) is 3.00. The van der Waals surface area contributed by atoms with Crippen LogP contribution in [0, 0.1) is 5.82 Å². The molecule has 3 atom stereocenters. The van der Waals surface area contributed by atoms with Crippen LogP contribution in [0.5, 0.6) is 0 Å². The molecule has 0 unspecified atom stereocenters. The van der Waals surface area contributed by atoms with E-state index in [1.807, 2.05) is 4.90 Å². The Kier molecular flexibility index (Phi) is 4.73. The number of nitrogens with one attached hydrogen (secondary N) is 1. The second kappa shape index (κ2) is 6.79. The van der Waals surface area contributed by atoms with Crippen molar-refractivity contribution in [3.8, 4) is 0 Å². The van der Waals surface area contributed by atoms with Gasteiger partial charge in [-0.3, -0.25) is 4.79 Å². The number of nitrogens with zero attached hydrogens (tertiary/aromatic N) is 2. The molecule has 130 valence electrons. The molecule has 0 aromatic heterocycles. The number of likely N-dealkylation sites (tertiary alicyclic amines) is 1. The minimum atomic E-state index is -0.330. The van der Waals surface area contributed by atoms with Gasteiger partial charge in [-0.15, -0.1) is 0 Å². The average molecular weight is 333 g/mol. The predicted molar refractivity (Wildman–Crippen MR) is 90.3 cm³/mol. The average Bonchev–Trinajstić information content (AvgIpc) is 2.88. The molecule has 2 aliphatic heterocycles. The highest BCUT2D eigenvalue weighted by Crippen LogP contribution is 2.24. The van der Waals surface area contributed by atoms with Crippen molar-refractivity contribution in [2.75, 3.05) is 11.4 Å². The smallest absolute Gasteiger partial charge is 0.318 e. The van der Waals surface area contributed by atoms with Gasteiger partial charge in [0, 0.05) is 30.7 Å².